The monoisotopic (exact) mass is 407 g/mol. The summed E-state index contributed by atoms with van der Waals surface area (Å²) in [7, 11) is 3.01. The molecular weight excluding hydrogens is 385 g/mol. The lowest BCUT2D eigenvalue weighted by atomic mass is 10.0. The topological polar surface area (TPSA) is 83.1 Å². The number of alkyl halides is 1. The quantitative estimate of drug-likeness (QED) is 0.592. The number of halogens is 2. The van der Waals surface area contributed by atoms with Gasteiger partial charge < -0.3 is 24.3 Å². The summed E-state index contributed by atoms with van der Waals surface area (Å²) in [5, 5.41) is 3.53. The summed E-state index contributed by atoms with van der Waals surface area (Å²) in [4.78, 5) is 23.0. The summed E-state index contributed by atoms with van der Waals surface area (Å²) in [5.41, 5.74) is 0.676. The van der Waals surface area contributed by atoms with Gasteiger partial charge in [0, 0.05) is 38.2 Å². The van der Waals surface area contributed by atoms with Crippen molar-refractivity contribution < 1.29 is 28.5 Å². The second-order valence-electron chi connectivity index (χ2n) is 5.29. The smallest absolute Gasteiger partial charge is 0.335 e. The molecule has 1 fully saturated rings. The third kappa shape index (κ3) is 6.55. The molecule has 2 unspecified atom stereocenters. The van der Waals surface area contributed by atoms with E-state index in [1.54, 1.807) is 25.2 Å². The van der Waals surface area contributed by atoms with Gasteiger partial charge in [0.2, 0.25) is 6.29 Å². The number of rotatable bonds is 5. The molecule has 1 N–H and O–H groups in total. The minimum atomic E-state index is -0.858. The minimum absolute atomic E-state index is 0.228. The summed E-state index contributed by atoms with van der Waals surface area (Å²) in [5.74, 6) is -0.448. The molecule has 0 spiro atoms. The van der Waals surface area contributed by atoms with Gasteiger partial charge in [-0.25, -0.2) is 4.79 Å². The zero-order valence-corrected chi connectivity index (χ0v) is 16.6. The Balaban J connectivity index is 0.00000163. The van der Waals surface area contributed by atoms with Gasteiger partial charge in [0.25, 0.3) is 0 Å². The maximum Gasteiger partial charge on any atom is 0.335 e. The van der Waals surface area contributed by atoms with Crippen molar-refractivity contribution in [2.75, 3.05) is 25.9 Å². The van der Waals surface area contributed by atoms with E-state index in [1.807, 2.05) is 0 Å². The molecule has 1 aliphatic rings. The molecule has 0 aromatic heterocycles. The number of carbonyl (C=O) groups excluding carboxylic acids is 2. The van der Waals surface area contributed by atoms with Crippen LogP contribution in [0.2, 0.25) is 5.02 Å². The largest absolute Gasteiger partial charge is 0.467 e. The summed E-state index contributed by atoms with van der Waals surface area (Å²) in [6.45, 7) is 1.32. The highest BCUT2D eigenvalue weighted by Crippen LogP contribution is 2.31. The Morgan fingerprint density at radius 2 is 1.96 bits per heavy atom. The van der Waals surface area contributed by atoms with Crippen LogP contribution in [-0.2, 0) is 23.8 Å². The third-order valence-electron chi connectivity index (χ3n) is 3.51. The highest BCUT2D eigenvalue weighted by Gasteiger charge is 2.37. The van der Waals surface area contributed by atoms with Gasteiger partial charge in [-0.1, -0.05) is 11.6 Å². The second kappa shape index (κ2) is 11.1. The van der Waals surface area contributed by atoms with E-state index in [1.165, 1.54) is 20.4 Å². The van der Waals surface area contributed by atoms with E-state index >= 15 is 0 Å². The number of nitrogens with one attached hydrogen (secondary N) is 1. The van der Waals surface area contributed by atoms with Gasteiger partial charge in [-0.3, -0.25) is 4.79 Å². The Bertz CT molecular complexity index is 613. The molecule has 26 heavy (non-hydrogen) atoms. The minimum Gasteiger partial charge on any atom is -0.467 e. The number of esters is 2. The summed E-state index contributed by atoms with van der Waals surface area (Å²) in [6, 6.07) is 5.09. The Morgan fingerprint density at radius 3 is 2.54 bits per heavy atom. The molecule has 7 nitrogen and oxygen atoms in total. The lowest BCUT2D eigenvalue weighted by molar-refractivity contribution is -0.204. The van der Waals surface area contributed by atoms with E-state index in [0.29, 0.717) is 22.9 Å². The predicted octanol–water partition coefficient (Wildman–Crippen LogP) is 3.23. The van der Waals surface area contributed by atoms with Crippen molar-refractivity contribution in [2.45, 2.75) is 38.3 Å². The van der Waals surface area contributed by atoms with Gasteiger partial charge in [-0.2, -0.15) is 0 Å². The third-order valence-corrected chi connectivity index (χ3v) is 3.75. The van der Waals surface area contributed by atoms with Gasteiger partial charge in [0.15, 0.2) is 6.10 Å². The van der Waals surface area contributed by atoms with Crippen molar-refractivity contribution in [3.63, 3.8) is 0 Å². The van der Waals surface area contributed by atoms with Crippen LogP contribution in [0.15, 0.2) is 18.2 Å². The second-order valence-corrected chi connectivity index (χ2v) is 5.73. The van der Waals surface area contributed by atoms with E-state index < -0.39 is 30.4 Å². The summed E-state index contributed by atoms with van der Waals surface area (Å²) in [6.07, 6.45) is -0.107. The molecule has 1 aromatic carbocycles. The molecular formula is C17H23Cl2NO6. The molecule has 3 atom stereocenters. The molecule has 1 aliphatic heterocycles. The zero-order valence-electron chi connectivity index (χ0n) is 15.1. The van der Waals surface area contributed by atoms with Crippen molar-refractivity contribution in [1.29, 1.82) is 0 Å². The average molecular weight is 408 g/mol. The number of benzene rings is 1. The zero-order chi connectivity index (χ0) is 19.7. The fourth-order valence-electron chi connectivity index (χ4n) is 2.48. The SMILES string of the molecule is CCl.CNc1cc(Cl)ccc1OC1CC(OC(C)=O)C[C@@H](C(=O)OC)O1. The van der Waals surface area contributed by atoms with Crippen LogP contribution in [0.4, 0.5) is 5.69 Å². The van der Waals surface area contributed by atoms with E-state index in [2.05, 4.69) is 16.9 Å². The summed E-state index contributed by atoms with van der Waals surface area (Å²) >= 11 is 10.6. The normalized spacial score (nSPS) is 21.7. The van der Waals surface area contributed by atoms with Crippen LogP contribution < -0.4 is 10.1 Å². The summed E-state index contributed by atoms with van der Waals surface area (Å²) < 4.78 is 21.4. The Labute approximate surface area is 162 Å². The molecule has 1 saturated heterocycles. The van der Waals surface area contributed by atoms with Crippen LogP contribution in [0.1, 0.15) is 19.8 Å². The van der Waals surface area contributed by atoms with Crippen molar-refractivity contribution in [3.8, 4) is 5.75 Å². The Hall–Kier alpha value is -1.70. The number of carbonyl (C=O) groups is 2. The average Bonchev–Trinajstić information content (AvgIpc) is 2.63. The van der Waals surface area contributed by atoms with Crippen molar-refractivity contribution >= 4 is 40.8 Å². The number of anilines is 1. The Morgan fingerprint density at radius 1 is 1.27 bits per heavy atom. The van der Waals surface area contributed by atoms with Crippen LogP contribution >= 0.6 is 23.2 Å². The van der Waals surface area contributed by atoms with Gasteiger partial charge in [-0.05, 0) is 18.2 Å². The molecule has 146 valence electrons. The molecule has 0 bridgehead atoms. The molecule has 1 aromatic rings. The number of ether oxygens (including phenoxy) is 4. The first kappa shape index (κ1) is 22.3. The van der Waals surface area contributed by atoms with Gasteiger partial charge >= 0.3 is 11.9 Å². The van der Waals surface area contributed by atoms with Gasteiger partial charge in [0.05, 0.1) is 12.8 Å². The molecule has 2 rings (SSSR count). The number of methoxy groups -OCH3 is 1. The molecule has 0 aliphatic carbocycles. The standard InChI is InChI=1S/C16H20ClNO6.CH3Cl/c1-9(19)22-11-7-14(16(20)21-3)24-15(8-11)23-13-5-4-10(17)6-12(13)18-2;1-2/h4-6,11,14-15,18H,7-8H2,1-3H3;1H3/t11?,14-,15?;/m0./s1. The highest BCUT2D eigenvalue weighted by molar-refractivity contribution is 6.30. The molecule has 0 amide bonds. The number of hydrogen-bond acceptors (Lipinski definition) is 7. The van der Waals surface area contributed by atoms with Gasteiger partial charge in [0.1, 0.15) is 11.9 Å². The fourth-order valence-corrected chi connectivity index (χ4v) is 2.65. The first-order valence-electron chi connectivity index (χ1n) is 7.85. The lowest BCUT2D eigenvalue weighted by Crippen LogP contribution is -2.44. The lowest BCUT2D eigenvalue weighted by Gasteiger charge is -2.33. The van der Waals surface area contributed by atoms with Crippen molar-refractivity contribution in [3.05, 3.63) is 23.2 Å². The Kier molecular flexibility index (Phi) is 9.54. The first-order chi connectivity index (χ1) is 12.4. The van der Waals surface area contributed by atoms with Crippen LogP contribution in [0.3, 0.4) is 0 Å². The van der Waals surface area contributed by atoms with Gasteiger partial charge in [-0.15, -0.1) is 11.6 Å². The number of hydrogen-bond donors (Lipinski definition) is 1. The molecule has 0 saturated carbocycles. The highest BCUT2D eigenvalue weighted by atomic mass is 35.5. The maximum absolute atomic E-state index is 11.8. The van der Waals surface area contributed by atoms with Crippen LogP contribution in [-0.4, -0.2) is 51.0 Å². The van der Waals surface area contributed by atoms with E-state index in [9.17, 15) is 9.59 Å². The van der Waals surface area contributed by atoms with E-state index in [-0.39, 0.29) is 6.42 Å². The van der Waals surface area contributed by atoms with Crippen LogP contribution in [0, 0.1) is 0 Å². The fraction of sp³-hybridized carbons (Fsp3) is 0.529. The van der Waals surface area contributed by atoms with E-state index in [4.69, 9.17) is 30.5 Å². The van der Waals surface area contributed by atoms with Crippen molar-refractivity contribution in [2.24, 2.45) is 0 Å². The predicted molar refractivity (Wildman–Crippen MR) is 98.9 cm³/mol. The van der Waals surface area contributed by atoms with Crippen LogP contribution in [0.5, 0.6) is 5.75 Å². The van der Waals surface area contributed by atoms with E-state index in [0.717, 1.165) is 0 Å². The first-order valence-corrected chi connectivity index (χ1v) is 8.98. The van der Waals surface area contributed by atoms with Crippen molar-refractivity contribution in [1.82, 2.24) is 0 Å². The van der Waals surface area contributed by atoms with Crippen LogP contribution in [0.25, 0.3) is 0 Å². The molecule has 9 heteroatoms. The maximum atomic E-state index is 11.8. The molecule has 0 radical (unpaired) electrons. The molecule has 1 heterocycles.